The number of nitrogens with zero attached hydrogens (tertiary/aromatic N) is 2. The number of benzene rings is 3. The van der Waals surface area contributed by atoms with Crippen molar-refractivity contribution in [1.29, 1.82) is 0 Å². The number of nitrogens with one attached hydrogen (secondary N) is 1. The fourth-order valence-electron chi connectivity index (χ4n) is 5.01. The Morgan fingerprint density at radius 1 is 0.912 bits per heavy atom. The molecule has 0 radical (unpaired) electrons. The van der Waals surface area contributed by atoms with E-state index in [9.17, 15) is 4.79 Å². The topological polar surface area (TPSA) is 37.3 Å². The van der Waals surface area contributed by atoms with Gasteiger partial charge in [-0.1, -0.05) is 78.9 Å². The van der Waals surface area contributed by atoms with E-state index in [0.717, 1.165) is 60.7 Å². The Morgan fingerprint density at radius 3 is 2.26 bits per heavy atom. The van der Waals surface area contributed by atoms with Gasteiger partial charge < -0.3 is 14.8 Å². The monoisotopic (exact) mass is 449 g/mol. The molecule has 1 aliphatic rings. The highest BCUT2D eigenvalue weighted by atomic mass is 16.2. The molecule has 4 heteroatoms. The summed E-state index contributed by atoms with van der Waals surface area (Å²) in [5, 5.41) is 3.50. The van der Waals surface area contributed by atoms with Crippen LogP contribution in [0.4, 0.5) is 0 Å². The molecule has 1 atom stereocenters. The normalized spacial score (nSPS) is 15.9. The quantitative estimate of drug-likeness (QED) is 0.422. The highest BCUT2D eigenvalue weighted by Gasteiger charge is 2.31. The lowest BCUT2D eigenvalue weighted by Gasteiger charge is -2.36. The number of hydrogen-bond donors (Lipinski definition) is 1. The Hall–Kier alpha value is -3.63. The number of carbonyl (C=O) groups is 1. The molecule has 1 saturated heterocycles. The zero-order valence-electron chi connectivity index (χ0n) is 19.7. The van der Waals surface area contributed by atoms with Gasteiger partial charge in [0.15, 0.2) is 0 Å². The average Bonchev–Trinajstić information content (AvgIpc) is 3.26. The van der Waals surface area contributed by atoms with Crippen molar-refractivity contribution in [3.63, 3.8) is 0 Å². The summed E-state index contributed by atoms with van der Waals surface area (Å²) in [5.74, 6) is 0.121. The number of amides is 1. The molecule has 4 nitrogen and oxygen atoms in total. The second-order valence-electron chi connectivity index (χ2n) is 8.97. The van der Waals surface area contributed by atoms with Crippen molar-refractivity contribution in [1.82, 2.24) is 14.8 Å². The molecule has 1 fully saturated rings. The largest absolute Gasteiger partial charge is 0.333 e. The summed E-state index contributed by atoms with van der Waals surface area (Å²) in [6.45, 7) is 4.47. The molecule has 34 heavy (non-hydrogen) atoms. The molecule has 5 rings (SSSR count). The smallest absolute Gasteiger partial charge is 0.256 e. The first-order valence-electron chi connectivity index (χ1n) is 12.1. The first-order valence-corrected chi connectivity index (χ1v) is 12.1. The van der Waals surface area contributed by atoms with E-state index in [-0.39, 0.29) is 11.9 Å². The van der Waals surface area contributed by atoms with Crippen LogP contribution in [-0.2, 0) is 6.42 Å². The number of piperazine rings is 1. The molecule has 1 aliphatic heterocycles. The summed E-state index contributed by atoms with van der Waals surface area (Å²) >= 11 is 0. The van der Waals surface area contributed by atoms with E-state index in [2.05, 4.69) is 76.3 Å². The maximum absolute atomic E-state index is 14.1. The van der Waals surface area contributed by atoms with Gasteiger partial charge in [0.2, 0.25) is 0 Å². The minimum atomic E-state index is 0.121. The van der Waals surface area contributed by atoms with Gasteiger partial charge in [-0.15, -0.1) is 0 Å². The van der Waals surface area contributed by atoms with Gasteiger partial charge in [0.1, 0.15) is 0 Å². The lowest BCUT2D eigenvalue weighted by atomic mass is 10.0. The van der Waals surface area contributed by atoms with E-state index in [4.69, 9.17) is 0 Å². The molecule has 1 aromatic heterocycles. The van der Waals surface area contributed by atoms with Crippen molar-refractivity contribution in [2.75, 3.05) is 19.6 Å². The molecule has 172 valence electrons. The predicted octanol–water partition coefficient (Wildman–Crippen LogP) is 5.50. The van der Waals surface area contributed by atoms with Crippen LogP contribution in [0.1, 0.15) is 28.0 Å². The summed E-state index contributed by atoms with van der Waals surface area (Å²) in [7, 11) is 0. The first-order chi connectivity index (χ1) is 16.7. The molecule has 2 heterocycles. The van der Waals surface area contributed by atoms with Gasteiger partial charge in [-0.05, 0) is 49.1 Å². The van der Waals surface area contributed by atoms with Crippen molar-refractivity contribution >= 4 is 5.91 Å². The average molecular weight is 450 g/mol. The molecule has 0 saturated carbocycles. The van der Waals surface area contributed by atoms with Crippen LogP contribution in [0.25, 0.3) is 16.9 Å². The molecule has 1 unspecified atom stereocenters. The molecular formula is C30H31N3O. The van der Waals surface area contributed by atoms with Gasteiger partial charge >= 0.3 is 0 Å². The minimum absolute atomic E-state index is 0.121. The Morgan fingerprint density at radius 2 is 1.56 bits per heavy atom. The van der Waals surface area contributed by atoms with Crippen molar-refractivity contribution in [2.45, 2.75) is 25.8 Å². The summed E-state index contributed by atoms with van der Waals surface area (Å²) in [6, 6.07) is 33.4. The first kappa shape index (κ1) is 22.2. The molecule has 4 aromatic rings. The number of rotatable bonds is 6. The zero-order valence-corrected chi connectivity index (χ0v) is 19.7. The van der Waals surface area contributed by atoms with Crippen molar-refractivity contribution in [3.8, 4) is 16.9 Å². The standard InChI is InChI=1S/C30H31N3O/c1-23-21-28(29(25-13-7-3-8-14-25)33(23)26-15-9-4-10-16-26)30(34)32-20-19-31-22-27(32)18-17-24-11-5-2-6-12-24/h2-16,21,27,31H,17-20,22H2,1H3. The third kappa shape index (κ3) is 4.55. The lowest BCUT2D eigenvalue weighted by Crippen LogP contribution is -2.53. The van der Waals surface area contributed by atoms with Crippen molar-refractivity contribution in [3.05, 3.63) is 114 Å². The molecule has 0 aliphatic carbocycles. The second-order valence-corrected chi connectivity index (χ2v) is 8.97. The predicted molar refractivity (Wildman–Crippen MR) is 138 cm³/mol. The Labute approximate surface area is 201 Å². The van der Waals surface area contributed by atoms with Crippen molar-refractivity contribution in [2.24, 2.45) is 0 Å². The van der Waals surface area contributed by atoms with E-state index in [0.29, 0.717) is 0 Å². The van der Waals surface area contributed by atoms with Gasteiger partial charge in [-0.2, -0.15) is 0 Å². The summed E-state index contributed by atoms with van der Waals surface area (Å²) in [6.07, 6.45) is 1.91. The van der Waals surface area contributed by atoms with Crippen LogP contribution in [0.3, 0.4) is 0 Å². The molecule has 1 N–H and O–H groups in total. The highest BCUT2D eigenvalue weighted by molar-refractivity contribution is 6.01. The Kier molecular flexibility index (Phi) is 6.59. The van der Waals surface area contributed by atoms with Crippen LogP contribution in [0.15, 0.2) is 97.1 Å². The lowest BCUT2D eigenvalue weighted by molar-refractivity contribution is 0.0626. The number of aryl methyl sites for hydroxylation is 2. The summed E-state index contributed by atoms with van der Waals surface area (Å²) in [5.41, 5.74) is 6.24. The third-order valence-corrected chi connectivity index (χ3v) is 6.70. The maximum atomic E-state index is 14.1. The number of hydrogen-bond acceptors (Lipinski definition) is 2. The van der Waals surface area contributed by atoms with E-state index < -0.39 is 0 Å². The SMILES string of the molecule is Cc1cc(C(=O)N2CCNCC2CCc2ccccc2)c(-c2ccccc2)n1-c1ccccc1. The van der Waals surface area contributed by atoms with E-state index in [1.165, 1.54) is 5.56 Å². The number of carbonyl (C=O) groups excluding carboxylic acids is 1. The number of para-hydroxylation sites is 1. The van der Waals surface area contributed by atoms with Crippen LogP contribution in [0.2, 0.25) is 0 Å². The van der Waals surface area contributed by atoms with Gasteiger partial charge in [-0.25, -0.2) is 0 Å². The van der Waals surface area contributed by atoms with Gasteiger partial charge in [0.25, 0.3) is 5.91 Å². The molecular weight excluding hydrogens is 418 g/mol. The second kappa shape index (κ2) is 10.1. The third-order valence-electron chi connectivity index (χ3n) is 6.70. The molecule has 0 spiro atoms. The van der Waals surface area contributed by atoms with Gasteiger partial charge in [-0.3, -0.25) is 4.79 Å². The zero-order chi connectivity index (χ0) is 23.3. The van der Waals surface area contributed by atoms with Crippen LogP contribution in [0.5, 0.6) is 0 Å². The van der Waals surface area contributed by atoms with Crippen LogP contribution in [0, 0.1) is 6.92 Å². The fourth-order valence-corrected chi connectivity index (χ4v) is 5.01. The van der Waals surface area contributed by atoms with E-state index >= 15 is 0 Å². The minimum Gasteiger partial charge on any atom is -0.333 e. The number of aromatic nitrogens is 1. The maximum Gasteiger partial charge on any atom is 0.256 e. The van der Waals surface area contributed by atoms with Crippen LogP contribution in [-0.4, -0.2) is 41.1 Å². The Balaban J connectivity index is 1.51. The van der Waals surface area contributed by atoms with Gasteiger partial charge in [0.05, 0.1) is 11.3 Å². The molecule has 0 bridgehead atoms. The fraction of sp³-hybridized carbons (Fsp3) is 0.233. The van der Waals surface area contributed by atoms with Crippen LogP contribution < -0.4 is 5.32 Å². The van der Waals surface area contributed by atoms with Crippen molar-refractivity contribution < 1.29 is 4.79 Å². The van der Waals surface area contributed by atoms with Crippen LogP contribution >= 0.6 is 0 Å². The summed E-state index contributed by atoms with van der Waals surface area (Å²) < 4.78 is 2.21. The molecule has 1 amide bonds. The molecule has 3 aromatic carbocycles. The van der Waals surface area contributed by atoms with E-state index in [1.807, 2.05) is 42.5 Å². The van der Waals surface area contributed by atoms with E-state index in [1.54, 1.807) is 0 Å². The van der Waals surface area contributed by atoms with Gasteiger partial charge in [0, 0.05) is 37.1 Å². The highest BCUT2D eigenvalue weighted by Crippen LogP contribution is 2.32. The summed E-state index contributed by atoms with van der Waals surface area (Å²) in [4.78, 5) is 16.2. The Bertz CT molecular complexity index is 1230.